The number of nitrogens with zero attached hydrogens (tertiary/aromatic N) is 4. The highest BCUT2D eigenvalue weighted by Gasteiger charge is 2.39. The molecule has 136 valence electrons. The Balaban J connectivity index is 1.89. The van der Waals surface area contributed by atoms with E-state index in [1.165, 1.54) is 0 Å². The second-order valence-electron chi connectivity index (χ2n) is 6.64. The zero-order chi connectivity index (χ0) is 18.3. The van der Waals surface area contributed by atoms with E-state index in [9.17, 15) is 0 Å². The summed E-state index contributed by atoms with van der Waals surface area (Å²) >= 11 is 6.11. The smallest absolute Gasteiger partial charge is 0.154 e. The van der Waals surface area contributed by atoms with Crippen LogP contribution in [0.3, 0.4) is 0 Å². The van der Waals surface area contributed by atoms with E-state index in [4.69, 9.17) is 26.1 Å². The Kier molecular flexibility index (Phi) is 4.42. The summed E-state index contributed by atoms with van der Waals surface area (Å²) in [5.74, 6) is 0.742. The molecule has 0 N–H and O–H groups in total. The van der Waals surface area contributed by atoms with Crippen molar-refractivity contribution in [2.45, 2.75) is 32.8 Å². The van der Waals surface area contributed by atoms with Crippen LogP contribution in [0.25, 0.3) is 16.7 Å². The molecule has 1 aliphatic rings. The van der Waals surface area contributed by atoms with Crippen molar-refractivity contribution in [3.8, 4) is 5.82 Å². The van der Waals surface area contributed by atoms with Gasteiger partial charge in [0.25, 0.3) is 0 Å². The molecule has 0 bridgehead atoms. The van der Waals surface area contributed by atoms with Crippen LogP contribution in [0, 0.1) is 13.8 Å². The van der Waals surface area contributed by atoms with Gasteiger partial charge in [0.05, 0.1) is 23.5 Å². The summed E-state index contributed by atoms with van der Waals surface area (Å²) in [4.78, 5) is 9.07. The first-order chi connectivity index (χ1) is 12.5. The fourth-order valence-corrected chi connectivity index (χ4v) is 3.66. The van der Waals surface area contributed by atoms with Gasteiger partial charge in [-0.05, 0) is 38.5 Å². The van der Waals surface area contributed by atoms with Crippen molar-refractivity contribution in [3.63, 3.8) is 0 Å². The van der Waals surface area contributed by atoms with Gasteiger partial charge in [0.2, 0.25) is 0 Å². The van der Waals surface area contributed by atoms with Crippen LogP contribution in [-0.2, 0) is 15.1 Å². The molecular formula is C19H21ClN4O2. The van der Waals surface area contributed by atoms with Crippen LogP contribution in [-0.4, -0.2) is 39.6 Å². The van der Waals surface area contributed by atoms with Gasteiger partial charge in [0, 0.05) is 37.3 Å². The largest absolute Gasteiger partial charge is 0.378 e. The zero-order valence-electron chi connectivity index (χ0n) is 15.1. The number of aromatic nitrogens is 4. The molecule has 0 unspecified atom stereocenters. The maximum absolute atomic E-state index is 6.11. The summed E-state index contributed by atoms with van der Waals surface area (Å²) in [6.07, 6.45) is 2.55. The average molecular weight is 373 g/mol. The number of hydrogen-bond donors (Lipinski definition) is 0. The molecule has 3 aromatic heterocycles. The quantitative estimate of drug-likeness (QED) is 0.653. The fraction of sp³-hybridized carbons (Fsp3) is 0.421. The molecule has 6 nitrogen and oxygen atoms in total. The first-order valence-corrected chi connectivity index (χ1v) is 9.12. The zero-order valence-corrected chi connectivity index (χ0v) is 15.9. The molecule has 1 saturated heterocycles. The minimum Gasteiger partial charge on any atom is -0.378 e. The van der Waals surface area contributed by atoms with Crippen molar-refractivity contribution in [2.24, 2.45) is 0 Å². The topological polar surface area (TPSA) is 62.1 Å². The highest BCUT2D eigenvalue weighted by Crippen LogP contribution is 2.34. The molecule has 1 aliphatic heterocycles. The number of ether oxygens (including phenoxy) is 2. The number of hydrogen-bond acceptors (Lipinski definition) is 5. The minimum absolute atomic E-state index is 0.432. The van der Waals surface area contributed by atoms with Gasteiger partial charge < -0.3 is 9.47 Å². The number of aryl methyl sites for hydroxylation is 2. The van der Waals surface area contributed by atoms with Crippen molar-refractivity contribution < 1.29 is 9.47 Å². The summed E-state index contributed by atoms with van der Waals surface area (Å²) in [5, 5.41) is 6.06. The Morgan fingerprint density at radius 1 is 1.31 bits per heavy atom. The predicted octanol–water partition coefficient (Wildman–Crippen LogP) is 3.74. The Morgan fingerprint density at radius 3 is 2.88 bits per heavy atom. The summed E-state index contributed by atoms with van der Waals surface area (Å²) in [6.45, 7) is 7.81. The van der Waals surface area contributed by atoms with Crippen molar-refractivity contribution in [2.75, 3.05) is 19.8 Å². The molecule has 0 radical (unpaired) electrons. The van der Waals surface area contributed by atoms with Gasteiger partial charge in [-0.3, -0.25) is 0 Å². The third-order valence-corrected chi connectivity index (χ3v) is 4.97. The maximum atomic E-state index is 6.11. The predicted molar refractivity (Wildman–Crippen MR) is 99.9 cm³/mol. The molecule has 1 fully saturated rings. The average Bonchev–Trinajstić information content (AvgIpc) is 3.20. The number of fused-ring (bicyclic) bond motifs is 1. The molecule has 0 amide bonds. The van der Waals surface area contributed by atoms with E-state index in [1.54, 1.807) is 6.20 Å². The van der Waals surface area contributed by atoms with E-state index in [2.05, 4.69) is 23.1 Å². The summed E-state index contributed by atoms with van der Waals surface area (Å²) in [5.41, 5.74) is 3.26. The lowest BCUT2D eigenvalue weighted by Gasteiger charge is -2.27. The van der Waals surface area contributed by atoms with Crippen molar-refractivity contribution in [3.05, 3.63) is 46.5 Å². The maximum Gasteiger partial charge on any atom is 0.154 e. The lowest BCUT2D eigenvalue weighted by molar-refractivity contribution is -0.0513. The number of rotatable bonds is 4. The lowest BCUT2D eigenvalue weighted by Crippen LogP contribution is -2.32. The van der Waals surface area contributed by atoms with Crippen LogP contribution in [0.4, 0.5) is 0 Å². The van der Waals surface area contributed by atoms with Crippen LogP contribution < -0.4 is 0 Å². The van der Waals surface area contributed by atoms with Gasteiger partial charge in [-0.25, -0.2) is 14.6 Å². The molecule has 7 heteroatoms. The van der Waals surface area contributed by atoms with Crippen LogP contribution in [0.1, 0.15) is 30.3 Å². The number of pyridine rings is 2. The third kappa shape index (κ3) is 2.88. The number of halogens is 1. The van der Waals surface area contributed by atoms with Gasteiger partial charge in [-0.15, -0.1) is 0 Å². The van der Waals surface area contributed by atoms with Crippen LogP contribution in [0.5, 0.6) is 0 Å². The van der Waals surface area contributed by atoms with Crippen LogP contribution >= 0.6 is 11.6 Å². The van der Waals surface area contributed by atoms with E-state index >= 15 is 0 Å². The molecule has 4 rings (SSSR count). The van der Waals surface area contributed by atoms with E-state index in [0.717, 1.165) is 40.1 Å². The first kappa shape index (κ1) is 17.4. The fourth-order valence-electron chi connectivity index (χ4n) is 3.51. The minimum atomic E-state index is -0.493. The standard InChI is InChI=1S/C19H21ClN4O2/c1-4-26-19(5-6-25-11-19)16-7-12(2)8-18(22-16)24-15-9-17(20)21-10-14(15)13(3)23-24/h7-10H,4-6,11H2,1-3H3/t19-/m0/s1. The Hall–Kier alpha value is -2.02. The van der Waals surface area contributed by atoms with Gasteiger partial charge in [0.15, 0.2) is 5.82 Å². The highest BCUT2D eigenvalue weighted by atomic mass is 35.5. The Morgan fingerprint density at radius 2 is 2.15 bits per heavy atom. The van der Waals surface area contributed by atoms with E-state index < -0.39 is 5.60 Å². The third-order valence-electron chi connectivity index (χ3n) is 4.76. The molecular weight excluding hydrogens is 352 g/mol. The molecule has 26 heavy (non-hydrogen) atoms. The summed E-state index contributed by atoms with van der Waals surface area (Å²) in [6, 6.07) is 5.90. The monoisotopic (exact) mass is 372 g/mol. The van der Waals surface area contributed by atoms with Crippen LogP contribution in [0.15, 0.2) is 24.4 Å². The molecule has 4 heterocycles. The molecule has 3 aromatic rings. The van der Waals surface area contributed by atoms with Crippen molar-refractivity contribution in [1.29, 1.82) is 0 Å². The molecule has 1 atom stereocenters. The first-order valence-electron chi connectivity index (χ1n) is 8.74. The summed E-state index contributed by atoms with van der Waals surface area (Å²) in [7, 11) is 0. The van der Waals surface area contributed by atoms with E-state index in [0.29, 0.717) is 25.0 Å². The van der Waals surface area contributed by atoms with Gasteiger partial charge >= 0.3 is 0 Å². The van der Waals surface area contributed by atoms with Crippen molar-refractivity contribution >= 4 is 22.5 Å². The Bertz CT molecular complexity index is 964. The SMILES string of the molecule is CCO[C@@]1(c2cc(C)cc(-n3nc(C)c4cnc(Cl)cc43)n2)CCOC1. The second-order valence-corrected chi connectivity index (χ2v) is 7.03. The molecule has 0 aliphatic carbocycles. The second kappa shape index (κ2) is 6.61. The lowest BCUT2D eigenvalue weighted by atomic mass is 9.96. The van der Waals surface area contributed by atoms with Gasteiger partial charge in [-0.2, -0.15) is 5.10 Å². The van der Waals surface area contributed by atoms with E-state index in [-0.39, 0.29) is 0 Å². The highest BCUT2D eigenvalue weighted by molar-refractivity contribution is 6.30. The summed E-state index contributed by atoms with van der Waals surface area (Å²) < 4.78 is 13.5. The van der Waals surface area contributed by atoms with E-state index in [1.807, 2.05) is 30.7 Å². The van der Waals surface area contributed by atoms with Crippen molar-refractivity contribution in [1.82, 2.24) is 19.7 Å². The van der Waals surface area contributed by atoms with Crippen LogP contribution in [0.2, 0.25) is 5.15 Å². The van der Waals surface area contributed by atoms with Gasteiger partial charge in [0.1, 0.15) is 10.8 Å². The normalized spacial score (nSPS) is 20.2. The molecule has 0 saturated carbocycles. The molecule has 0 aromatic carbocycles. The molecule has 0 spiro atoms. The van der Waals surface area contributed by atoms with Gasteiger partial charge in [-0.1, -0.05) is 11.6 Å². The Labute approximate surface area is 157 Å².